The molecule has 2 N–H and O–H groups in total. The van der Waals surface area contributed by atoms with Crippen LogP contribution in [-0.4, -0.2) is 29.0 Å². The molecule has 0 spiro atoms. The van der Waals surface area contributed by atoms with Crippen molar-refractivity contribution in [2.24, 2.45) is 0 Å². The van der Waals surface area contributed by atoms with Crippen LogP contribution in [0.25, 0.3) is 0 Å². The van der Waals surface area contributed by atoms with E-state index in [-0.39, 0.29) is 11.8 Å². The molecular weight excluding hydrogens is 222 g/mol. The molecule has 0 aromatic carbocycles. The number of nitrogen functional groups attached to an aromatic ring is 1. The van der Waals surface area contributed by atoms with Crippen molar-refractivity contribution in [3.05, 3.63) is 18.3 Å². The van der Waals surface area contributed by atoms with Crippen molar-refractivity contribution in [2.75, 3.05) is 10.6 Å². The molecule has 2 saturated heterocycles. The Kier molecular flexibility index (Phi) is 2.12. The molecule has 2 amide bonds. The molecule has 2 fully saturated rings. The summed E-state index contributed by atoms with van der Waals surface area (Å²) in [6.45, 7) is 0. The molecule has 3 heterocycles. The second-order valence-electron chi connectivity index (χ2n) is 4.14. The van der Waals surface area contributed by atoms with Crippen LogP contribution in [0.5, 0.6) is 0 Å². The molecule has 0 saturated carbocycles. The van der Waals surface area contributed by atoms with Crippen molar-refractivity contribution in [3.8, 4) is 0 Å². The summed E-state index contributed by atoms with van der Waals surface area (Å²) >= 11 is 0. The summed E-state index contributed by atoms with van der Waals surface area (Å²) in [5.41, 5.74) is 5.92. The molecule has 2 atom stereocenters. The number of carbonyl (C=O) groups is 2. The summed E-state index contributed by atoms with van der Waals surface area (Å²) in [6, 6.07) is 3.18. The first-order valence-electron chi connectivity index (χ1n) is 5.41. The molecular formula is C11H11N3O3. The number of hydrogen-bond donors (Lipinski definition) is 1. The zero-order valence-corrected chi connectivity index (χ0v) is 9.00. The maximum atomic E-state index is 12.0. The van der Waals surface area contributed by atoms with Crippen LogP contribution in [0, 0.1) is 0 Å². The maximum Gasteiger partial charge on any atom is 0.263 e. The van der Waals surface area contributed by atoms with E-state index in [0.717, 1.165) is 4.90 Å². The Balaban J connectivity index is 1.99. The number of nitrogens with zero attached hydrogens (tertiary/aromatic N) is 2. The second kappa shape index (κ2) is 3.53. The van der Waals surface area contributed by atoms with Gasteiger partial charge in [0.25, 0.3) is 11.8 Å². The van der Waals surface area contributed by atoms with Crippen molar-refractivity contribution < 1.29 is 14.3 Å². The number of nitrogens with two attached hydrogens (primary N) is 1. The number of morpholine rings is 1. The molecule has 17 heavy (non-hydrogen) atoms. The highest BCUT2D eigenvalue weighted by Crippen LogP contribution is 2.31. The van der Waals surface area contributed by atoms with Gasteiger partial charge in [0.15, 0.2) is 0 Å². The van der Waals surface area contributed by atoms with E-state index in [1.165, 1.54) is 6.20 Å². The minimum absolute atomic E-state index is 0.310. The van der Waals surface area contributed by atoms with E-state index < -0.39 is 12.2 Å². The Morgan fingerprint density at radius 2 is 1.88 bits per heavy atom. The fourth-order valence-electron chi connectivity index (χ4n) is 2.18. The fraction of sp³-hybridized carbons (Fsp3) is 0.364. The SMILES string of the molecule is Nc1ccc(N2C(=O)C3CCC(O3)C2=O)cn1. The number of aromatic nitrogens is 1. The minimum atomic E-state index is -0.491. The zero-order chi connectivity index (χ0) is 12.0. The van der Waals surface area contributed by atoms with Gasteiger partial charge in [0.1, 0.15) is 18.0 Å². The molecule has 88 valence electrons. The highest BCUT2D eigenvalue weighted by atomic mass is 16.5. The summed E-state index contributed by atoms with van der Waals surface area (Å²) in [5.74, 6) is -0.268. The first-order chi connectivity index (χ1) is 8.16. The molecule has 0 radical (unpaired) electrons. The number of ether oxygens (including phenoxy) is 1. The van der Waals surface area contributed by atoms with E-state index in [0.29, 0.717) is 24.3 Å². The lowest BCUT2D eigenvalue weighted by Gasteiger charge is -2.29. The average Bonchev–Trinajstić information content (AvgIpc) is 2.76. The summed E-state index contributed by atoms with van der Waals surface area (Å²) in [7, 11) is 0. The summed E-state index contributed by atoms with van der Waals surface area (Å²) in [5, 5.41) is 0. The third kappa shape index (κ3) is 1.49. The van der Waals surface area contributed by atoms with Gasteiger partial charge in [-0.15, -0.1) is 0 Å². The lowest BCUT2D eigenvalue weighted by Crippen LogP contribution is -2.52. The predicted octanol–water partition coefficient (Wildman–Crippen LogP) is 0.0846. The first-order valence-corrected chi connectivity index (χ1v) is 5.41. The van der Waals surface area contributed by atoms with Gasteiger partial charge in [-0.25, -0.2) is 9.88 Å². The third-order valence-electron chi connectivity index (χ3n) is 3.04. The van der Waals surface area contributed by atoms with Gasteiger partial charge in [0.2, 0.25) is 0 Å². The summed E-state index contributed by atoms with van der Waals surface area (Å²) in [4.78, 5) is 29.0. The predicted molar refractivity (Wildman–Crippen MR) is 59.0 cm³/mol. The largest absolute Gasteiger partial charge is 0.384 e. The second-order valence-corrected chi connectivity index (χ2v) is 4.14. The van der Waals surface area contributed by atoms with E-state index in [4.69, 9.17) is 10.5 Å². The number of rotatable bonds is 1. The van der Waals surface area contributed by atoms with Gasteiger partial charge in [-0.1, -0.05) is 0 Å². The van der Waals surface area contributed by atoms with Gasteiger partial charge < -0.3 is 10.5 Å². The van der Waals surface area contributed by atoms with Crippen LogP contribution in [0.4, 0.5) is 11.5 Å². The number of imide groups is 1. The van der Waals surface area contributed by atoms with Crippen molar-refractivity contribution in [2.45, 2.75) is 25.0 Å². The van der Waals surface area contributed by atoms with Crippen LogP contribution in [0.3, 0.4) is 0 Å². The Morgan fingerprint density at radius 3 is 2.41 bits per heavy atom. The Hall–Kier alpha value is -1.95. The van der Waals surface area contributed by atoms with Crippen LogP contribution in [0.1, 0.15) is 12.8 Å². The Labute approximate surface area is 97.4 Å². The van der Waals surface area contributed by atoms with E-state index in [1.807, 2.05) is 0 Å². The van der Waals surface area contributed by atoms with E-state index in [2.05, 4.69) is 4.98 Å². The fourth-order valence-corrected chi connectivity index (χ4v) is 2.18. The Bertz CT molecular complexity index is 463. The van der Waals surface area contributed by atoms with Gasteiger partial charge >= 0.3 is 0 Å². The normalized spacial score (nSPS) is 27.6. The smallest absolute Gasteiger partial charge is 0.263 e. The molecule has 1 aromatic heterocycles. The van der Waals surface area contributed by atoms with Crippen LogP contribution in [-0.2, 0) is 14.3 Å². The van der Waals surface area contributed by atoms with Gasteiger partial charge in [-0.2, -0.15) is 0 Å². The minimum Gasteiger partial charge on any atom is -0.384 e. The zero-order valence-electron chi connectivity index (χ0n) is 9.00. The molecule has 2 aliphatic heterocycles. The van der Waals surface area contributed by atoms with Crippen LogP contribution in [0.15, 0.2) is 18.3 Å². The number of carbonyl (C=O) groups excluding carboxylic acids is 2. The van der Waals surface area contributed by atoms with E-state index in [1.54, 1.807) is 12.1 Å². The summed E-state index contributed by atoms with van der Waals surface area (Å²) in [6.07, 6.45) is 1.66. The molecule has 2 unspecified atom stereocenters. The number of hydrogen-bond acceptors (Lipinski definition) is 5. The van der Waals surface area contributed by atoms with Gasteiger partial charge in [0.05, 0.1) is 11.9 Å². The molecule has 2 bridgehead atoms. The van der Waals surface area contributed by atoms with Gasteiger partial charge in [-0.3, -0.25) is 9.59 Å². The molecule has 6 heteroatoms. The number of pyridine rings is 1. The van der Waals surface area contributed by atoms with Crippen LogP contribution < -0.4 is 10.6 Å². The van der Waals surface area contributed by atoms with Crippen molar-refractivity contribution in [1.82, 2.24) is 4.98 Å². The monoisotopic (exact) mass is 233 g/mol. The average molecular weight is 233 g/mol. The van der Waals surface area contributed by atoms with E-state index in [9.17, 15) is 9.59 Å². The van der Waals surface area contributed by atoms with Gasteiger partial charge in [-0.05, 0) is 25.0 Å². The lowest BCUT2D eigenvalue weighted by atomic mass is 10.2. The molecule has 0 aliphatic carbocycles. The van der Waals surface area contributed by atoms with Crippen LogP contribution in [0.2, 0.25) is 0 Å². The highest BCUT2D eigenvalue weighted by Gasteiger charge is 2.47. The Morgan fingerprint density at radius 1 is 1.24 bits per heavy atom. The maximum absolute atomic E-state index is 12.0. The van der Waals surface area contributed by atoms with Gasteiger partial charge in [0, 0.05) is 0 Å². The van der Waals surface area contributed by atoms with E-state index >= 15 is 0 Å². The lowest BCUT2D eigenvalue weighted by molar-refractivity contribution is -0.146. The van der Waals surface area contributed by atoms with Crippen LogP contribution >= 0.6 is 0 Å². The van der Waals surface area contributed by atoms with Crippen molar-refractivity contribution in [1.29, 1.82) is 0 Å². The quantitative estimate of drug-likeness (QED) is 0.694. The molecule has 6 nitrogen and oxygen atoms in total. The topological polar surface area (TPSA) is 85.5 Å². The highest BCUT2D eigenvalue weighted by molar-refractivity contribution is 6.19. The number of fused-ring (bicyclic) bond motifs is 2. The standard InChI is InChI=1S/C11H11N3O3/c12-9-4-1-6(5-13-9)14-10(15)7-2-3-8(17-7)11(14)16/h1,4-5,7-8H,2-3H2,(H2,12,13). The number of anilines is 2. The third-order valence-corrected chi connectivity index (χ3v) is 3.04. The molecule has 3 rings (SSSR count). The first kappa shape index (κ1) is 10.2. The number of amides is 2. The molecule has 1 aromatic rings. The van der Waals surface area contributed by atoms with Crippen molar-refractivity contribution in [3.63, 3.8) is 0 Å². The summed E-state index contributed by atoms with van der Waals surface area (Å²) < 4.78 is 5.31. The van der Waals surface area contributed by atoms with Crippen molar-refractivity contribution >= 4 is 23.3 Å². The molecule has 2 aliphatic rings.